The van der Waals surface area contributed by atoms with E-state index in [1.807, 2.05) is 24.3 Å². The summed E-state index contributed by atoms with van der Waals surface area (Å²) in [5.41, 5.74) is 0. The first-order valence-electron chi connectivity index (χ1n) is 30.0. The zero-order valence-corrected chi connectivity index (χ0v) is 46.6. The fourth-order valence-electron chi connectivity index (χ4n) is 8.70. The molecule has 3 atom stereocenters. The van der Waals surface area contributed by atoms with Gasteiger partial charge in [-0.2, -0.15) is 0 Å². The number of hydrogen-bond donors (Lipinski definition) is 3. The minimum absolute atomic E-state index is 0.0474. The van der Waals surface area contributed by atoms with Crippen molar-refractivity contribution in [3.63, 3.8) is 0 Å². The maximum atomic E-state index is 13.3. The minimum Gasteiger partial charge on any atom is -0.462 e. The van der Waals surface area contributed by atoms with Gasteiger partial charge in [0.05, 0.1) is 25.2 Å². The average molecular weight is 989 g/mol. The highest BCUT2D eigenvalue weighted by atomic mass is 16.5. The van der Waals surface area contributed by atoms with Crippen LogP contribution in [0.2, 0.25) is 0 Å². The summed E-state index contributed by atoms with van der Waals surface area (Å²) < 4.78 is 5.95. The van der Waals surface area contributed by atoms with Crippen LogP contribution in [0.5, 0.6) is 0 Å². The van der Waals surface area contributed by atoms with Gasteiger partial charge in [-0.15, -0.1) is 0 Å². The predicted octanol–water partition coefficient (Wildman–Crippen LogP) is 18.8. The van der Waals surface area contributed by atoms with E-state index in [0.29, 0.717) is 19.3 Å². The van der Waals surface area contributed by atoms with E-state index in [9.17, 15) is 19.8 Å². The van der Waals surface area contributed by atoms with Crippen LogP contribution >= 0.6 is 0 Å². The summed E-state index contributed by atoms with van der Waals surface area (Å²) in [6.07, 6.45) is 77.5. The molecule has 0 radical (unpaired) electrons. The Bertz CT molecular complexity index is 1390. The second kappa shape index (κ2) is 57.7. The zero-order chi connectivity index (χ0) is 51.6. The molecule has 0 spiro atoms. The minimum atomic E-state index is -0.806. The lowest BCUT2D eigenvalue weighted by molar-refractivity contribution is -0.151. The molecule has 0 aromatic heterocycles. The molecule has 0 saturated carbocycles. The third-order valence-electron chi connectivity index (χ3n) is 13.2. The molecule has 6 nitrogen and oxygen atoms in total. The first-order valence-corrected chi connectivity index (χ1v) is 30.0. The van der Waals surface area contributed by atoms with Gasteiger partial charge in [0, 0.05) is 6.42 Å². The van der Waals surface area contributed by atoms with Crippen LogP contribution in [0.3, 0.4) is 0 Å². The summed E-state index contributed by atoms with van der Waals surface area (Å²) in [7, 11) is 0. The van der Waals surface area contributed by atoms with Gasteiger partial charge in [-0.1, -0.05) is 279 Å². The molecular weight excluding hydrogens is 875 g/mol. The van der Waals surface area contributed by atoms with Crippen LogP contribution in [-0.4, -0.2) is 46.9 Å². The van der Waals surface area contributed by atoms with Crippen molar-refractivity contribution in [1.29, 1.82) is 0 Å². The maximum absolute atomic E-state index is 13.3. The number of hydrogen-bond acceptors (Lipinski definition) is 5. The topological polar surface area (TPSA) is 95.9 Å². The molecule has 0 aliphatic heterocycles. The molecule has 0 fully saturated rings. The quantitative estimate of drug-likeness (QED) is 0.0244. The zero-order valence-electron chi connectivity index (χ0n) is 46.6. The predicted molar refractivity (Wildman–Crippen MR) is 310 cm³/mol. The van der Waals surface area contributed by atoms with Crippen molar-refractivity contribution in [3.8, 4) is 0 Å². The molecule has 408 valence electrons. The SMILES string of the molecule is CCC/C=C/C=C/C=C/C=C/C=C/CCCCCCCC(=O)OC(CCCCCC/C=C\C/C=C\C/C=C\CCCCC)CC(=O)NC(CO)C(O)CCCCCCCCCCCCCCCCCCC. The standard InChI is InChI=1S/C65H113NO5/c1-4-7-10-13-16-19-22-25-28-31-34-37-40-43-46-49-52-55-58-65(70)71-61(56-53-50-47-44-41-38-35-32-29-26-23-20-17-14-11-8-5-2)59-64(69)66-62(60-67)63(68)57-54-51-48-45-42-39-36-33-30-27-24-21-18-15-12-9-6-3/h10,13,16-17,19-20,22,25-26,28-29,31,34-35,37-38,61-63,67-68H,4-9,11-12,14-15,18,21,23-24,27,30,32-33,36,39-60H2,1-3H3,(H,66,69)/b13-10+,19-16+,20-17-,25-22+,29-26-,31-28+,37-34+,38-35-. The fraction of sp³-hybridized carbons (Fsp3) is 0.723. The van der Waals surface area contributed by atoms with E-state index in [4.69, 9.17) is 4.74 Å². The largest absolute Gasteiger partial charge is 0.462 e. The molecule has 0 aliphatic rings. The Kier molecular flexibility index (Phi) is 55.1. The van der Waals surface area contributed by atoms with Gasteiger partial charge in [0.15, 0.2) is 0 Å². The van der Waals surface area contributed by atoms with Crippen molar-refractivity contribution >= 4 is 11.9 Å². The van der Waals surface area contributed by atoms with Crippen molar-refractivity contribution in [2.45, 2.75) is 296 Å². The third kappa shape index (κ3) is 52.9. The monoisotopic (exact) mass is 988 g/mol. The van der Waals surface area contributed by atoms with Gasteiger partial charge in [-0.3, -0.25) is 9.59 Å². The molecule has 0 aromatic carbocycles. The number of allylic oxidation sites excluding steroid dienone is 16. The number of ether oxygens (including phenoxy) is 1. The van der Waals surface area contributed by atoms with E-state index in [-0.39, 0.29) is 24.9 Å². The van der Waals surface area contributed by atoms with Gasteiger partial charge in [0.1, 0.15) is 6.10 Å². The van der Waals surface area contributed by atoms with Crippen LogP contribution in [0.25, 0.3) is 0 Å². The Labute approximate surface area is 439 Å². The summed E-state index contributed by atoms with van der Waals surface area (Å²) >= 11 is 0. The molecule has 0 aliphatic carbocycles. The number of esters is 1. The van der Waals surface area contributed by atoms with Gasteiger partial charge in [0.2, 0.25) is 5.91 Å². The summed E-state index contributed by atoms with van der Waals surface area (Å²) in [4.78, 5) is 26.3. The molecule has 3 N–H and O–H groups in total. The fourth-order valence-corrected chi connectivity index (χ4v) is 8.70. The first-order chi connectivity index (χ1) is 35.0. The molecule has 0 heterocycles. The summed E-state index contributed by atoms with van der Waals surface area (Å²) in [5.74, 6) is -0.524. The third-order valence-corrected chi connectivity index (χ3v) is 13.2. The number of rotatable bonds is 53. The van der Waals surface area contributed by atoms with E-state index in [1.54, 1.807) is 0 Å². The van der Waals surface area contributed by atoms with Crippen LogP contribution in [-0.2, 0) is 14.3 Å². The van der Waals surface area contributed by atoms with Crippen LogP contribution in [0.1, 0.15) is 278 Å². The Morgan fingerprint density at radius 1 is 0.423 bits per heavy atom. The van der Waals surface area contributed by atoms with E-state index in [0.717, 1.165) is 109 Å². The number of carbonyl (C=O) groups excluding carboxylic acids is 2. The lowest BCUT2D eigenvalue weighted by atomic mass is 10.0. The molecule has 71 heavy (non-hydrogen) atoms. The van der Waals surface area contributed by atoms with Crippen molar-refractivity contribution < 1.29 is 24.5 Å². The number of unbranched alkanes of at least 4 members (excludes halogenated alkanes) is 29. The molecule has 0 rings (SSSR count). The second-order valence-electron chi connectivity index (χ2n) is 20.2. The van der Waals surface area contributed by atoms with E-state index in [1.165, 1.54) is 122 Å². The lowest BCUT2D eigenvalue weighted by Crippen LogP contribution is -2.46. The Balaban J connectivity index is 4.66. The lowest BCUT2D eigenvalue weighted by Gasteiger charge is -2.24. The van der Waals surface area contributed by atoms with Gasteiger partial charge in [-0.25, -0.2) is 0 Å². The highest BCUT2D eigenvalue weighted by molar-refractivity contribution is 5.77. The number of aliphatic hydroxyl groups excluding tert-OH is 2. The summed E-state index contributed by atoms with van der Waals surface area (Å²) in [5, 5.41) is 23.9. The van der Waals surface area contributed by atoms with Crippen molar-refractivity contribution in [2.24, 2.45) is 0 Å². The highest BCUT2D eigenvalue weighted by Crippen LogP contribution is 2.18. The molecule has 0 saturated heterocycles. The van der Waals surface area contributed by atoms with Crippen molar-refractivity contribution in [2.75, 3.05) is 6.61 Å². The van der Waals surface area contributed by atoms with Gasteiger partial charge in [0.25, 0.3) is 0 Å². The number of carbonyl (C=O) groups is 2. The highest BCUT2D eigenvalue weighted by Gasteiger charge is 2.24. The van der Waals surface area contributed by atoms with Crippen molar-refractivity contribution in [3.05, 3.63) is 97.2 Å². The van der Waals surface area contributed by atoms with Crippen LogP contribution in [0.4, 0.5) is 0 Å². The van der Waals surface area contributed by atoms with Gasteiger partial charge in [-0.05, 0) is 83.5 Å². The average Bonchev–Trinajstić information content (AvgIpc) is 3.36. The number of nitrogens with one attached hydrogen (secondary N) is 1. The first kappa shape index (κ1) is 67.8. The normalized spacial score (nSPS) is 13.8. The molecule has 0 aromatic rings. The molecule has 3 unspecified atom stereocenters. The molecule has 0 bridgehead atoms. The Morgan fingerprint density at radius 2 is 0.803 bits per heavy atom. The van der Waals surface area contributed by atoms with Crippen molar-refractivity contribution in [1.82, 2.24) is 5.32 Å². The number of amides is 1. The van der Waals surface area contributed by atoms with Crippen LogP contribution in [0, 0.1) is 0 Å². The Hall–Kier alpha value is -3.22. The van der Waals surface area contributed by atoms with E-state index >= 15 is 0 Å². The van der Waals surface area contributed by atoms with Crippen LogP contribution in [0.15, 0.2) is 97.2 Å². The summed E-state index contributed by atoms with van der Waals surface area (Å²) in [6, 6.07) is -0.722. The van der Waals surface area contributed by atoms with E-state index in [2.05, 4.69) is 99.0 Å². The molecule has 1 amide bonds. The second-order valence-corrected chi connectivity index (χ2v) is 20.2. The van der Waals surface area contributed by atoms with E-state index < -0.39 is 18.2 Å². The van der Waals surface area contributed by atoms with Gasteiger partial charge < -0.3 is 20.3 Å². The number of aliphatic hydroxyl groups is 2. The maximum Gasteiger partial charge on any atom is 0.306 e. The van der Waals surface area contributed by atoms with Crippen LogP contribution < -0.4 is 5.32 Å². The smallest absolute Gasteiger partial charge is 0.306 e. The Morgan fingerprint density at radius 3 is 1.30 bits per heavy atom. The molecular formula is C65H113NO5. The van der Waals surface area contributed by atoms with Gasteiger partial charge >= 0.3 is 5.97 Å². The summed E-state index contributed by atoms with van der Waals surface area (Å²) in [6.45, 7) is 6.38. The molecule has 6 heteroatoms.